The summed E-state index contributed by atoms with van der Waals surface area (Å²) in [7, 11) is 1.28. The first-order chi connectivity index (χ1) is 7.17. The number of halogens is 1. The molecule has 0 radical (unpaired) electrons. The number of nitrogens with zero attached hydrogens (tertiary/aromatic N) is 1. The average molecular weight is 229 g/mol. The summed E-state index contributed by atoms with van der Waals surface area (Å²) in [6, 6.07) is 3.00. The lowest BCUT2D eigenvalue weighted by molar-refractivity contribution is -0.113. The van der Waals surface area contributed by atoms with Gasteiger partial charge in [0.1, 0.15) is 11.7 Å². The van der Waals surface area contributed by atoms with Gasteiger partial charge < -0.3 is 10.1 Å². The zero-order valence-electron chi connectivity index (χ0n) is 7.99. The van der Waals surface area contributed by atoms with E-state index in [0.29, 0.717) is 11.4 Å². The van der Waals surface area contributed by atoms with E-state index in [4.69, 9.17) is 11.6 Å². The van der Waals surface area contributed by atoms with Crippen molar-refractivity contribution < 1.29 is 14.3 Å². The van der Waals surface area contributed by atoms with Crippen molar-refractivity contribution in [3.05, 3.63) is 23.9 Å². The minimum atomic E-state index is -0.474. The Morgan fingerprint density at radius 1 is 1.53 bits per heavy atom. The maximum atomic E-state index is 11.0. The van der Waals surface area contributed by atoms with Gasteiger partial charge in [-0.15, -0.1) is 11.6 Å². The summed E-state index contributed by atoms with van der Waals surface area (Å²) in [6.45, 7) is 0. The second-order valence-electron chi connectivity index (χ2n) is 2.61. The van der Waals surface area contributed by atoms with Crippen molar-refractivity contribution in [3.8, 4) is 0 Å². The molecule has 5 nitrogen and oxygen atoms in total. The number of aromatic nitrogens is 1. The molecule has 1 aromatic heterocycles. The number of esters is 1. The Hall–Kier alpha value is -1.62. The molecule has 0 aliphatic heterocycles. The third-order valence-electron chi connectivity index (χ3n) is 1.57. The van der Waals surface area contributed by atoms with E-state index >= 15 is 0 Å². The quantitative estimate of drug-likeness (QED) is 0.620. The monoisotopic (exact) mass is 228 g/mol. The zero-order chi connectivity index (χ0) is 11.3. The van der Waals surface area contributed by atoms with E-state index in [9.17, 15) is 9.59 Å². The van der Waals surface area contributed by atoms with Crippen molar-refractivity contribution in [3.63, 3.8) is 0 Å². The maximum absolute atomic E-state index is 11.0. The summed E-state index contributed by atoms with van der Waals surface area (Å²) in [5.41, 5.74) is 0.321. The molecule has 0 bridgehead atoms. The van der Waals surface area contributed by atoms with E-state index in [0.717, 1.165) is 0 Å². The molecule has 1 heterocycles. The topological polar surface area (TPSA) is 68.3 Å². The standard InChI is InChI=1S/C9H9ClN2O3/c1-15-9(14)6-2-3-7(11-5-6)12-8(13)4-10/h2-3,5H,4H2,1H3,(H,11,12,13). The van der Waals surface area contributed by atoms with Gasteiger partial charge in [-0.25, -0.2) is 9.78 Å². The van der Waals surface area contributed by atoms with Crippen molar-refractivity contribution in [1.29, 1.82) is 0 Å². The summed E-state index contributed by atoms with van der Waals surface area (Å²) in [6.07, 6.45) is 1.32. The Morgan fingerprint density at radius 3 is 2.73 bits per heavy atom. The molecule has 1 amide bonds. The highest BCUT2D eigenvalue weighted by Crippen LogP contribution is 2.06. The van der Waals surface area contributed by atoms with Gasteiger partial charge in [0.15, 0.2) is 0 Å². The number of carbonyl (C=O) groups is 2. The summed E-state index contributed by atoms with van der Waals surface area (Å²) in [4.78, 5) is 25.8. The Labute approximate surface area is 91.4 Å². The first kappa shape index (κ1) is 11.5. The van der Waals surface area contributed by atoms with E-state index in [1.807, 2.05) is 0 Å². The van der Waals surface area contributed by atoms with Gasteiger partial charge in [-0.2, -0.15) is 0 Å². The average Bonchev–Trinajstić information content (AvgIpc) is 2.29. The molecule has 0 saturated heterocycles. The third-order valence-corrected chi connectivity index (χ3v) is 1.82. The van der Waals surface area contributed by atoms with E-state index in [1.165, 1.54) is 25.4 Å². The minimum Gasteiger partial charge on any atom is -0.465 e. The molecule has 0 aliphatic carbocycles. The van der Waals surface area contributed by atoms with E-state index in [-0.39, 0.29) is 11.8 Å². The van der Waals surface area contributed by atoms with Crippen molar-refractivity contribution in [2.75, 3.05) is 18.3 Å². The molecule has 15 heavy (non-hydrogen) atoms. The number of amides is 1. The number of nitrogens with one attached hydrogen (secondary N) is 1. The minimum absolute atomic E-state index is 0.138. The molecule has 0 spiro atoms. The van der Waals surface area contributed by atoms with Crippen molar-refractivity contribution in [1.82, 2.24) is 4.98 Å². The van der Waals surface area contributed by atoms with Crippen LogP contribution in [-0.4, -0.2) is 29.9 Å². The lowest BCUT2D eigenvalue weighted by atomic mass is 10.3. The number of methoxy groups -OCH3 is 1. The van der Waals surface area contributed by atoms with Crippen LogP contribution in [-0.2, 0) is 9.53 Å². The first-order valence-electron chi connectivity index (χ1n) is 4.07. The number of hydrogen-bond donors (Lipinski definition) is 1. The Balaban J connectivity index is 2.72. The number of alkyl halides is 1. The fraction of sp³-hybridized carbons (Fsp3) is 0.222. The van der Waals surface area contributed by atoms with Crippen LogP contribution in [0, 0.1) is 0 Å². The van der Waals surface area contributed by atoms with Crippen LogP contribution in [0.4, 0.5) is 5.82 Å². The molecule has 0 atom stereocenters. The zero-order valence-corrected chi connectivity index (χ0v) is 8.75. The van der Waals surface area contributed by atoms with Crippen molar-refractivity contribution in [2.24, 2.45) is 0 Å². The lowest BCUT2D eigenvalue weighted by Gasteiger charge is -2.02. The van der Waals surface area contributed by atoms with Crippen LogP contribution in [0.1, 0.15) is 10.4 Å². The van der Waals surface area contributed by atoms with Gasteiger partial charge in [0.2, 0.25) is 5.91 Å². The number of hydrogen-bond acceptors (Lipinski definition) is 4. The number of ether oxygens (including phenoxy) is 1. The van der Waals surface area contributed by atoms with Crippen LogP contribution in [0.3, 0.4) is 0 Å². The highest BCUT2D eigenvalue weighted by molar-refractivity contribution is 6.29. The van der Waals surface area contributed by atoms with Crippen LogP contribution in [0.5, 0.6) is 0 Å². The van der Waals surface area contributed by atoms with Gasteiger partial charge in [0.05, 0.1) is 12.7 Å². The fourth-order valence-corrected chi connectivity index (χ4v) is 0.949. The largest absolute Gasteiger partial charge is 0.465 e. The lowest BCUT2D eigenvalue weighted by Crippen LogP contribution is -2.13. The summed E-state index contributed by atoms with van der Waals surface area (Å²) < 4.78 is 4.49. The third kappa shape index (κ3) is 3.21. The molecule has 1 N–H and O–H groups in total. The van der Waals surface area contributed by atoms with Gasteiger partial charge in [0.25, 0.3) is 0 Å². The second kappa shape index (κ2) is 5.31. The van der Waals surface area contributed by atoms with Gasteiger partial charge >= 0.3 is 5.97 Å². The second-order valence-corrected chi connectivity index (χ2v) is 2.87. The highest BCUT2D eigenvalue weighted by Gasteiger charge is 2.06. The number of rotatable bonds is 3. The number of anilines is 1. The smallest absolute Gasteiger partial charge is 0.339 e. The first-order valence-corrected chi connectivity index (χ1v) is 4.61. The number of pyridine rings is 1. The molecule has 0 saturated carbocycles. The van der Waals surface area contributed by atoms with Crippen molar-refractivity contribution >= 4 is 29.3 Å². The predicted octanol–water partition coefficient (Wildman–Crippen LogP) is 1.05. The van der Waals surface area contributed by atoms with E-state index in [1.54, 1.807) is 0 Å². The summed E-state index contributed by atoms with van der Waals surface area (Å²) in [5, 5.41) is 2.44. The Bertz CT molecular complexity index is 364. The fourth-order valence-electron chi connectivity index (χ4n) is 0.883. The van der Waals surface area contributed by atoms with Crippen LogP contribution >= 0.6 is 11.6 Å². The molecule has 80 valence electrons. The Kier molecular flexibility index (Phi) is 4.05. The molecule has 1 aromatic rings. The van der Waals surface area contributed by atoms with E-state index in [2.05, 4.69) is 15.0 Å². The number of carbonyl (C=O) groups excluding carboxylic acids is 2. The van der Waals surface area contributed by atoms with Crippen LogP contribution in [0.2, 0.25) is 0 Å². The van der Waals surface area contributed by atoms with E-state index < -0.39 is 5.97 Å². The molecule has 0 aromatic carbocycles. The summed E-state index contributed by atoms with van der Waals surface area (Å²) >= 11 is 5.29. The Morgan fingerprint density at radius 2 is 2.27 bits per heavy atom. The van der Waals surface area contributed by atoms with Gasteiger partial charge in [0, 0.05) is 6.20 Å². The van der Waals surface area contributed by atoms with Crippen molar-refractivity contribution in [2.45, 2.75) is 0 Å². The van der Waals surface area contributed by atoms with Crippen LogP contribution in [0.15, 0.2) is 18.3 Å². The molecule has 0 unspecified atom stereocenters. The molecule has 0 aliphatic rings. The molecule has 1 rings (SSSR count). The van der Waals surface area contributed by atoms with Crippen LogP contribution < -0.4 is 5.32 Å². The molecule has 0 fully saturated rings. The van der Waals surface area contributed by atoms with Gasteiger partial charge in [-0.05, 0) is 12.1 Å². The highest BCUT2D eigenvalue weighted by atomic mass is 35.5. The van der Waals surface area contributed by atoms with Gasteiger partial charge in [-0.3, -0.25) is 4.79 Å². The summed E-state index contributed by atoms with van der Waals surface area (Å²) in [5.74, 6) is -0.624. The molecule has 6 heteroatoms. The normalized spacial score (nSPS) is 9.47. The van der Waals surface area contributed by atoms with Crippen LogP contribution in [0.25, 0.3) is 0 Å². The predicted molar refractivity (Wildman–Crippen MR) is 54.9 cm³/mol. The molecular formula is C9H9ClN2O3. The molecular weight excluding hydrogens is 220 g/mol. The maximum Gasteiger partial charge on any atom is 0.339 e. The van der Waals surface area contributed by atoms with Gasteiger partial charge in [-0.1, -0.05) is 0 Å². The SMILES string of the molecule is COC(=O)c1ccc(NC(=O)CCl)nc1.